The molecule has 0 aliphatic heterocycles. The molecule has 12 heavy (non-hydrogen) atoms. The molecule has 0 heterocycles. The first-order valence-electron chi connectivity index (χ1n) is 3.61. The first kappa shape index (κ1) is 9.16. The molecule has 0 saturated heterocycles. The van der Waals surface area contributed by atoms with Crippen LogP contribution in [0.1, 0.15) is 13.3 Å². The Morgan fingerprint density at radius 2 is 2.17 bits per heavy atom. The summed E-state index contributed by atoms with van der Waals surface area (Å²) >= 11 is 0. The monoisotopic (exact) mass is 178 g/mol. The van der Waals surface area contributed by atoms with Crippen molar-refractivity contribution in [2.24, 2.45) is 5.92 Å². The van der Waals surface area contributed by atoms with Crippen molar-refractivity contribution in [1.29, 1.82) is 0 Å². The Balaban J connectivity index is 2.58. The summed E-state index contributed by atoms with van der Waals surface area (Å²) in [5, 5.41) is 0. The van der Waals surface area contributed by atoms with Gasteiger partial charge in [-0.05, 0) is 24.5 Å². The van der Waals surface area contributed by atoms with Crippen LogP contribution >= 0.6 is 0 Å². The molecule has 0 radical (unpaired) electrons. The van der Waals surface area contributed by atoms with Crippen molar-refractivity contribution in [2.75, 3.05) is 0 Å². The second kappa shape index (κ2) is 3.21. The molecule has 68 valence electrons. The van der Waals surface area contributed by atoms with Gasteiger partial charge in [-0.1, -0.05) is 13.0 Å². The van der Waals surface area contributed by atoms with Gasteiger partial charge in [0.1, 0.15) is 5.76 Å². The van der Waals surface area contributed by atoms with Crippen molar-refractivity contribution in [2.45, 2.75) is 19.7 Å². The molecule has 0 amide bonds. The van der Waals surface area contributed by atoms with Crippen LogP contribution in [0, 0.1) is 5.92 Å². The fourth-order valence-corrected chi connectivity index (χ4v) is 1.00. The summed E-state index contributed by atoms with van der Waals surface area (Å²) < 4.78 is 38.7. The van der Waals surface area contributed by atoms with Gasteiger partial charge in [-0.3, -0.25) is 0 Å². The van der Waals surface area contributed by atoms with E-state index in [-0.39, 0.29) is 11.7 Å². The normalized spacial score (nSPS) is 23.7. The van der Waals surface area contributed by atoms with Gasteiger partial charge in [-0.2, -0.15) is 0 Å². The van der Waals surface area contributed by atoms with Gasteiger partial charge in [0, 0.05) is 0 Å². The van der Waals surface area contributed by atoms with Gasteiger partial charge in [0.25, 0.3) is 0 Å². The Morgan fingerprint density at radius 3 is 2.67 bits per heavy atom. The molecule has 1 rings (SSSR count). The molecule has 1 aliphatic carbocycles. The number of hydrogen-bond acceptors (Lipinski definition) is 1. The number of ether oxygens (including phenoxy) is 1. The molecule has 0 spiro atoms. The standard InChI is InChI=1S/C8H9F3O/c1-6-3-2-4-7(5-6)12-8(9,10)11/h2,4-6H,3H2,1H3. The Bertz CT molecular complexity index is 215. The first-order valence-corrected chi connectivity index (χ1v) is 3.61. The molecular formula is C8H9F3O. The summed E-state index contributed by atoms with van der Waals surface area (Å²) in [6.07, 6.45) is 0.671. The summed E-state index contributed by atoms with van der Waals surface area (Å²) in [7, 11) is 0. The quantitative estimate of drug-likeness (QED) is 0.599. The highest BCUT2D eigenvalue weighted by molar-refractivity contribution is 5.17. The smallest absolute Gasteiger partial charge is 0.406 e. The lowest BCUT2D eigenvalue weighted by atomic mass is 10.0. The minimum absolute atomic E-state index is 0.110. The van der Waals surface area contributed by atoms with Crippen molar-refractivity contribution in [3.63, 3.8) is 0 Å². The minimum Gasteiger partial charge on any atom is -0.406 e. The van der Waals surface area contributed by atoms with Gasteiger partial charge in [-0.25, -0.2) is 0 Å². The zero-order valence-corrected chi connectivity index (χ0v) is 6.56. The highest BCUT2D eigenvalue weighted by Gasteiger charge is 2.31. The summed E-state index contributed by atoms with van der Waals surface area (Å²) in [6, 6.07) is 0. The number of halogens is 3. The zero-order valence-electron chi connectivity index (χ0n) is 6.56. The fourth-order valence-electron chi connectivity index (χ4n) is 1.00. The fraction of sp³-hybridized carbons (Fsp3) is 0.500. The summed E-state index contributed by atoms with van der Waals surface area (Å²) in [5.74, 6) is 0.00796. The van der Waals surface area contributed by atoms with E-state index in [9.17, 15) is 13.2 Å². The van der Waals surface area contributed by atoms with Crippen LogP contribution in [-0.4, -0.2) is 6.36 Å². The van der Waals surface area contributed by atoms with Crippen LogP contribution in [0.25, 0.3) is 0 Å². The third-order valence-corrected chi connectivity index (χ3v) is 1.47. The molecule has 0 aromatic rings. The van der Waals surface area contributed by atoms with Crippen LogP contribution in [-0.2, 0) is 4.74 Å². The topological polar surface area (TPSA) is 9.23 Å². The molecule has 1 atom stereocenters. The van der Waals surface area contributed by atoms with Gasteiger partial charge in [0.15, 0.2) is 0 Å². The van der Waals surface area contributed by atoms with E-state index in [4.69, 9.17) is 0 Å². The Kier molecular flexibility index (Phi) is 2.45. The van der Waals surface area contributed by atoms with E-state index in [0.717, 1.165) is 6.42 Å². The van der Waals surface area contributed by atoms with Gasteiger partial charge >= 0.3 is 6.36 Å². The molecule has 0 aromatic heterocycles. The molecule has 1 nitrogen and oxygen atoms in total. The van der Waals surface area contributed by atoms with Gasteiger partial charge in [0.2, 0.25) is 0 Å². The second-order valence-corrected chi connectivity index (χ2v) is 2.73. The number of alkyl halides is 3. The Morgan fingerprint density at radius 1 is 1.50 bits per heavy atom. The lowest BCUT2D eigenvalue weighted by Crippen LogP contribution is -2.13. The maximum Gasteiger partial charge on any atom is 0.573 e. The minimum atomic E-state index is -4.58. The van der Waals surface area contributed by atoms with E-state index < -0.39 is 6.36 Å². The van der Waals surface area contributed by atoms with E-state index in [2.05, 4.69) is 4.74 Å². The van der Waals surface area contributed by atoms with Crippen molar-refractivity contribution in [3.8, 4) is 0 Å². The molecule has 0 N–H and O–H groups in total. The number of hydrogen-bond donors (Lipinski definition) is 0. The predicted molar refractivity (Wildman–Crippen MR) is 38.1 cm³/mol. The maximum atomic E-state index is 11.7. The van der Waals surface area contributed by atoms with E-state index in [1.165, 1.54) is 12.2 Å². The van der Waals surface area contributed by atoms with Crippen molar-refractivity contribution in [1.82, 2.24) is 0 Å². The highest BCUT2D eigenvalue weighted by atomic mass is 19.4. The molecule has 4 heteroatoms. The van der Waals surface area contributed by atoms with E-state index >= 15 is 0 Å². The van der Waals surface area contributed by atoms with E-state index in [1.54, 1.807) is 6.08 Å². The zero-order chi connectivity index (χ0) is 9.19. The van der Waals surface area contributed by atoms with Crippen LogP contribution < -0.4 is 0 Å². The van der Waals surface area contributed by atoms with Crippen molar-refractivity contribution < 1.29 is 17.9 Å². The predicted octanol–water partition coefficient (Wildman–Crippen LogP) is 3.00. The first-order chi connectivity index (χ1) is 5.47. The maximum absolute atomic E-state index is 11.7. The second-order valence-electron chi connectivity index (χ2n) is 2.73. The lowest BCUT2D eigenvalue weighted by molar-refractivity contribution is -0.303. The summed E-state index contributed by atoms with van der Waals surface area (Å²) in [6.45, 7) is 1.84. The molecule has 0 aromatic carbocycles. The Labute approximate surface area is 68.5 Å². The average Bonchev–Trinajstić information content (AvgIpc) is 1.82. The molecule has 0 fully saturated rings. The molecule has 1 aliphatic rings. The molecule has 0 saturated carbocycles. The van der Waals surface area contributed by atoms with E-state index in [1.807, 2.05) is 6.92 Å². The third-order valence-electron chi connectivity index (χ3n) is 1.47. The lowest BCUT2D eigenvalue weighted by Gasteiger charge is -2.14. The van der Waals surface area contributed by atoms with E-state index in [0.29, 0.717) is 0 Å². The van der Waals surface area contributed by atoms with Crippen LogP contribution in [0.4, 0.5) is 13.2 Å². The summed E-state index contributed by atoms with van der Waals surface area (Å²) in [5.41, 5.74) is 0. The number of allylic oxidation sites excluding steroid dienone is 3. The largest absolute Gasteiger partial charge is 0.573 e. The summed E-state index contributed by atoms with van der Waals surface area (Å²) in [4.78, 5) is 0. The van der Waals surface area contributed by atoms with Crippen molar-refractivity contribution >= 4 is 0 Å². The van der Waals surface area contributed by atoms with Crippen molar-refractivity contribution in [3.05, 3.63) is 24.0 Å². The number of rotatable bonds is 1. The third kappa shape index (κ3) is 2.98. The van der Waals surface area contributed by atoms with Crippen LogP contribution in [0.15, 0.2) is 24.0 Å². The van der Waals surface area contributed by atoms with Crippen LogP contribution in [0.3, 0.4) is 0 Å². The molecule has 0 bridgehead atoms. The van der Waals surface area contributed by atoms with Crippen LogP contribution in [0.5, 0.6) is 0 Å². The average molecular weight is 178 g/mol. The van der Waals surface area contributed by atoms with Crippen LogP contribution in [0.2, 0.25) is 0 Å². The Hall–Kier alpha value is -0.930. The van der Waals surface area contributed by atoms with Gasteiger partial charge < -0.3 is 4.74 Å². The molecular weight excluding hydrogens is 169 g/mol. The molecule has 1 unspecified atom stereocenters. The van der Waals surface area contributed by atoms with Gasteiger partial charge in [-0.15, -0.1) is 13.2 Å². The van der Waals surface area contributed by atoms with Gasteiger partial charge in [0.05, 0.1) is 0 Å². The highest BCUT2D eigenvalue weighted by Crippen LogP contribution is 2.25. The SMILES string of the molecule is CC1C=C(OC(F)(F)F)C=CC1.